The number of benzene rings is 1. The topological polar surface area (TPSA) is 54.5 Å². The van der Waals surface area contributed by atoms with Gasteiger partial charge in [-0.2, -0.15) is 5.26 Å². The maximum absolute atomic E-state index is 9.03. The molecule has 0 radical (unpaired) electrons. The van der Waals surface area contributed by atoms with E-state index >= 15 is 0 Å². The van der Waals surface area contributed by atoms with E-state index in [1.165, 1.54) is 0 Å². The number of hydrogen-bond acceptors (Lipinski definition) is 3. The van der Waals surface area contributed by atoms with Crippen molar-refractivity contribution in [1.29, 1.82) is 5.26 Å². The van der Waals surface area contributed by atoms with Crippen molar-refractivity contribution in [1.82, 2.24) is 14.5 Å². The van der Waals surface area contributed by atoms with Gasteiger partial charge in [0.25, 0.3) is 0 Å². The lowest BCUT2D eigenvalue weighted by Gasteiger charge is -2.07. The number of nitrogens with zero attached hydrogens (tertiary/aromatic N) is 4. The van der Waals surface area contributed by atoms with Crippen LogP contribution < -0.4 is 0 Å². The van der Waals surface area contributed by atoms with Crippen molar-refractivity contribution < 1.29 is 0 Å². The minimum atomic E-state index is 0.284. The number of pyridine rings is 1. The summed E-state index contributed by atoms with van der Waals surface area (Å²) in [5, 5.41) is 9.03. The predicted octanol–water partition coefficient (Wildman–Crippen LogP) is 3.34. The lowest BCUT2D eigenvalue weighted by atomic mass is 10.2. The maximum atomic E-state index is 9.03. The minimum Gasteiger partial charge on any atom is -0.280 e. The third-order valence-corrected chi connectivity index (χ3v) is 3.41. The highest BCUT2D eigenvalue weighted by Crippen LogP contribution is 2.23. The van der Waals surface area contributed by atoms with E-state index in [2.05, 4.69) is 16.0 Å². The summed E-state index contributed by atoms with van der Waals surface area (Å²) in [6.45, 7) is 1.99. The Hall–Kier alpha value is -2.38. The summed E-state index contributed by atoms with van der Waals surface area (Å²) in [7, 11) is 0. The predicted molar refractivity (Wildman–Crippen MR) is 77.9 cm³/mol. The van der Waals surface area contributed by atoms with Crippen LogP contribution in [0.3, 0.4) is 0 Å². The summed E-state index contributed by atoms with van der Waals surface area (Å²) < 4.78 is 1.90. The first kappa shape index (κ1) is 12.6. The van der Waals surface area contributed by atoms with E-state index in [0.717, 1.165) is 28.2 Å². The first-order valence-electron chi connectivity index (χ1n) is 6.14. The van der Waals surface area contributed by atoms with Crippen molar-refractivity contribution in [2.24, 2.45) is 0 Å². The zero-order valence-electron chi connectivity index (χ0n) is 10.8. The quantitative estimate of drug-likeness (QED) is 0.677. The van der Waals surface area contributed by atoms with Gasteiger partial charge < -0.3 is 0 Å². The van der Waals surface area contributed by atoms with Crippen LogP contribution in [-0.4, -0.2) is 14.5 Å². The van der Waals surface area contributed by atoms with Crippen molar-refractivity contribution in [3.8, 4) is 11.8 Å². The standard InChI is InChI=1S/C15H11ClN4/c1-10-5-6-18-15-14(10)19-13(8-16)20(15)12-4-2-3-11(7-12)9-17/h2-7H,8H2,1H3. The summed E-state index contributed by atoms with van der Waals surface area (Å²) >= 11 is 6.00. The molecule has 3 rings (SSSR count). The molecule has 0 bridgehead atoms. The van der Waals surface area contributed by atoms with Crippen molar-refractivity contribution in [3.05, 3.63) is 53.5 Å². The minimum absolute atomic E-state index is 0.284. The Kier molecular flexibility index (Phi) is 3.13. The Morgan fingerprint density at radius 3 is 2.95 bits per heavy atom. The first-order chi connectivity index (χ1) is 9.74. The molecular weight excluding hydrogens is 272 g/mol. The zero-order chi connectivity index (χ0) is 14.1. The van der Waals surface area contributed by atoms with Gasteiger partial charge in [-0.25, -0.2) is 9.97 Å². The van der Waals surface area contributed by atoms with Crippen molar-refractivity contribution >= 4 is 22.8 Å². The fourth-order valence-corrected chi connectivity index (χ4v) is 2.39. The normalized spacial score (nSPS) is 10.7. The number of nitriles is 1. The Bertz CT molecular complexity index is 829. The molecule has 0 aliphatic rings. The molecule has 3 aromatic rings. The molecule has 98 valence electrons. The summed E-state index contributed by atoms with van der Waals surface area (Å²) in [5.74, 6) is 1.01. The van der Waals surface area contributed by atoms with Crippen LogP contribution in [-0.2, 0) is 5.88 Å². The lowest BCUT2D eigenvalue weighted by molar-refractivity contribution is 0.969. The molecule has 2 heterocycles. The van der Waals surface area contributed by atoms with Crippen molar-refractivity contribution in [3.63, 3.8) is 0 Å². The van der Waals surface area contributed by atoms with Gasteiger partial charge >= 0.3 is 0 Å². The average Bonchev–Trinajstić information content (AvgIpc) is 2.87. The van der Waals surface area contributed by atoms with Gasteiger partial charge in [0.2, 0.25) is 0 Å². The molecule has 2 aromatic heterocycles. The van der Waals surface area contributed by atoms with Gasteiger partial charge in [-0.05, 0) is 36.8 Å². The number of aryl methyl sites for hydroxylation is 1. The van der Waals surface area contributed by atoms with Crippen LogP contribution in [0.15, 0.2) is 36.5 Å². The molecular formula is C15H11ClN4. The van der Waals surface area contributed by atoms with Crippen LogP contribution in [0.5, 0.6) is 0 Å². The monoisotopic (exact) mass is 282 g/mol. The van der Waals surface area contributed by atoms with Gasteiger partial charge in [0, 0.05) is 6.20 Å². The molecule has 0 saturated carbocycles. The highest BCUT2D eigenvalue weighted by atomic mass is 35.5. The second-order valence-corrected chi connectivity index (χ2v) is 4.73. The third-order valence-electron chi connectivity index (χ3n) is 3.17. The third kappa shape index (κ3) is 1.93. The summed E-state index contributed by atoms with van der Waals surface area (Å²) in [6, 6.07) is 11.4. The fraction of sp³-hybridized carbons (Fsp3) is 0.133. The molecule has 0 aliphatic carbocycles. The summed E-state index contributed by atoms with van der Waals surface area (Å²) in [5.41, 5.74) is 4.09. The molecule has 0 amide bonds. The van der Waals surface area contributed by atoms with Crippen LogP contribution in [0.25, 0.3) is 16.9 Å². The zero-order valence-corrected chi connectivity index (χ0v) is 11.6. The number of hydrogen-bond donors (Lipinski definition) is 0. The molecule has 4 nitrogen and oxygen atoms in total. The van der Waals surface area contributed by atoms with Crippen LogP contribution in [0.2, 0.25) is 0 Å². The molecule has 0 unspecified atom stereocenters. The molecule has 0 fully saturated rings. The SMILES string of the molecule is Cc1ccnc2c1nc(CCl)n2-c1cccc(C#N)c1. The Balaban J connectivity index is 2.34. The maximum Gasteiger partial charge on any atom is 0.164 e. The molecule has 5 heteroatoms. The van der Waals surface area contributed by atoms with Crippen molar-refractivity contribution in [2.45, 2.75) is 12.8 Å². The molecule has 1 aromatic carbocycles. The largest absolute Gasteiger partial charge is 0.280 e. The van der Waals surface area contributed by atoms with Gasteiger partial charge in [-0.1, -0.05) is 6.07 Å². The van der Waals surface area contributed by atoms with E-state index in [1.54, 1.807) is 18.3 Å². The Labute approximate surface area is 121 Å². The number of halogens is 1. The van der Waals surface area contributed by atoms with Crippen LogP contribution in [0.1, 0.15) is 17.0 Å². The lowest BCUT2D eigenvalue weighted by Crippen LogP contribution is -2.00. The van der Waals surface area contributed by atoms with Crippen LogP contribution in [0.4, 0.5) is 0 Å². The van der Waals surface area contributed by atoms with Gasteiger partial charge in [0.1, 0.15) is 11.3 Å². The average molecular weight is 283 g/mol. The van der Waals surface area contributed by atoms with Gasteiger partial charge in [-0.3, -0.25) is 4.57 Å². The molecule has 0 spiro atoms. The Morgan fingerprint density at radius 2 is 2.20 bits per heavy atom. The van der Waals surface area contributed by atoms with Crippen molar-refractivity contribution in [2.75, 3.05) is 0 Å². The molecule has 0 N–H and O–H groups in total. The second kappa shape index (κ2) is 4.95. The second-order valence-electron chi connectivity index (χ2n) is 4.46. The summed E-state index contributed by atoms with van der Waals surface area (Å²) in [4.78, 5) is 8.95. The van der Waals surface area contributed by atoms with Crippen LogP contribution in [0, 0.1) is 18.3 Å². The van der Waals surface area contributed by atoms with E-state index in [9.17, 15) is 0 Å². The van der Waals surface area contributed by atoms with Gasteiger partial charge in [0.05, 0.1) is 23.2 Å². The van der Waals surface area contributed by atoms with Crippen LogP contribution >= 0.6 is 11.6 Å². The summed E-state index contributed by atoms with van der Waals surface area (Å²) in [6.07, 6.45) is 1.75. The highest BCUT2D eigenvalue weighted by molar-refractivity contribution is 6.17. The number of aromatic nitrogens is 3. The molecule has 0 saturated heterocycles. The number of fused-ring (bicyclic) bond motifs is 1. The number of rotatable bonds is 2. The fourth-order valence-electron chi connectivity index (χ4n) is 2.21. The smallest absolute Gasteiger partial charge is 0.164 e. The number of imidazole rings is 1. The van der Waals surface area contributed by atoms with Gasteiger partial charge in [-0.15, -0.1) is 11.6 Å². The Morgan fingerprint density at radius 1 is 1.35 bits per heavy atom. The van der Waals surface area contributed by atoms with E-state index in [-0.39, 0.29) is 5.88 Å². The van der Waals surface area contributed by atoms with E-state index in [1.807, 2.05) is 29.7 Å². The van der Waals surface area contributed by atoms with E-state index in [4.69, 9.17) is 16.9 Å². The molecule has 0 aliphatic heterocycles. The molecule has 20 heavy (non-hydrogen) atoms. The van der Waals surface area contributed by atoms with E-state index in [0.29, 0.717) is 5.56 Å². The number of alkyl halides is 1. The van der Waals surface area contributed by atoms with Gasteiger partial charge in [0.15, 0.2) is 5.65 Å². The highest BCUT2D eigenvalue weighted by Gasteiger charge is 2.14. The van der Waals surface area contributed by atoms with E-state index < -0.39 is 0 Å². The first-order valence-corrected chi connectivity index (χ1v) is 6.67. The molecule has 0 atom stereocenters.